The van der Waals surface area contributed by atoms with Gasteiger partial charge in [0.1, 0.15) is 5.75 Å². The Balaban J connectivity index is 2.41. The SMILES string of the molecule is CCC(=O)c1ccc(Oc2ccc(S(=O)(=O)C(F)(F)F)cc2[N+](=O)[O-])cc1. The molecule has 0 aliphatic rings. The molecule has 0 aliphatic carbocycles. The van der Waals surface area contributed by atoms with E-state index in [1.54, 1.807) is 6.92 Å². The molecular formula is C16H12F3NO6S. The van der Waals surface area contributed by atoms with Crippen molar-refractivity contribution in [3.63, 3.8) is 0 Å². The van der Waals surface area contributed by atoms with Gasteiger partial charge in [-0.2, -0.15) is 13.2 Å². The van der Waals surface area contributed by atoms with E-state index in [2.05, 4.69) is 0 Å². The molecule has 0 bridgehead atoms. The average molecular weight is 403 g/mol. The number of ketones is 1. The van der Waals surface area contributed by atoms with E-state index in [1.807, 2.05) is 0 Å². The third-order valence-corrected chi connectivity index (χ3v) is 4.95. The largest absolute Gasteiger partial charge is 0.501 e. The molecule has 0 fully saturated rings. The fourth-order valence-corrected chi connectivity index (χ4v) is 2.85. The second-order valence-electron chi connectivity index (χ2n) is 5.24. The summed E-state index contributed by atoms with van der Waals surface area (Å²) < 4.78 is 65.9. The highest BCUT2D eigenvalue weighted by molar-refractivity contribution is 7.92. The maximum Gasteiger partial charge on any atom is 0.501 e. The quantitative estimate of drug-likeness (QED) is 0.405. The van der Waals surface area contributed by atoms with Gasteiger partial charge in [0.05, 0.1) is 9.82 Å². The maximum absolute atomic E-state index is 12.6. The molecule has 2 aromatic carbocycles. The number of nitrogens with zero attached hydrogens (tertiary/aromatic N) is 1. The van der Waals surface area contributed by atoms with Gasteiger partial charge in [-0.3, -0.25) is 14.9 Å². The minimum absolute atomic E-state index is 0.0807. The van der Waals surface area contributed by atoms with Crippen LogP contribution in [0.15, 0.2) is 47.4 Å². The van der Waals surface area contributed by atoms with Crippen molar-refractivity contribution in [2.75, 3.05) is 0 Å². The van der Waals surface area contributed by atoms with Crippen molar-refractivity contribution in [3.05, 3.63) is 58.1 Å². The minimum Gasteiger partial charge on any atom is -0.450 e. The van der Waals surface area contributed by atoms with E-state index in [9.17, 15) is 36.5 Å². The van der Waals surface area contributed by atoms with Crippen LogP contribution in [0.3, 0.4) is 0 Å². The molecule has 7 nitrogen and oxygen atoms in total. The Kier molecular flexibility index (Phi) is 5.54. The number of alkyl halides is 3. The molecule has 0 radical (unpaired) electrons. The third kappa shape index (κ3) is 4.25. The number of sulfone groups is 1. The van der Waals surface area contributed by atoms with Gasteiger partial charge in [0.15, 0.2) is 5.78 Å². The molecule has 0 saturated heterocycles. The molecule has 2 aromatic rings. The normalized spacial score (nSPS) is 11.9. The topological polar surface area (TPSA) is 104 Å². The molecule has 27 heavy (non-hydrogen) atoms. The van der Waals surface area contributed by atoms with Crippen molar-refractivity contribution in [3.8, 4) is 11.5 Å². The fourth-order valence-electron chi connectivity index (χ4n) is 2.07. The lowest BCUT2D eigenvalue weighted by Crippen LogP contribution is -2.23. The van der Waals surface area contributed by atoms with E-state index in [-0.39, 0.29) is 24.0 Å². The lowest BCUT2D eigenvalue weighted by molar-refractivity contribution is -0.385. The standard InChI is InChI=1S/C16H12F3NO6S/c1-2-14(21)10-3-5-11(6-4-10)26-15-8-7-12(9-13(15)20(22)23)27(24,25)16(17,18)19/h3-9H,2H2,1H3. The van der Waals surface area contributed by atoms with E-state index in [4.69, 9.17) is 4.74 Å². The van der Waals surface area contributed by atoms with Crippen LogP contribution in [0.5, 0.6) is 11.5 Å². The number of nitro groups is 1. The first-order valence-electron chi connectivity index (χ1n) is 7.38. The van der Waals surface area contributed by atoms with Crippen molar-refractivity contribution >= 4 is 21.3 Å². The molecule has 144 valence electrons. The molecular weight excluding hydrogens is 391 g/mol. The Morgan fingerprint density at radius 1 is 1.15 bits per heavy atom. The number of hydrogen-bond acceptors (Lipinski definition) is 6. The van der Waals surface area contributed by atoms with Crippen LogP contribution in [-0.2, 0) is 9.84 Å². The van der Waals surface area contributed by atoms with Gasteiger partial charge >= 0.3 is 11.2 Å². The van der Waals surface area contributed by atoms with Crippen molar-refractivity contribution in [2.45, 2.75) is 23.7 Å². The van der Waals surface area contributed by atoms with Crippen LogP contribution >= 0.6 is 0 Å². The fraction of sp³-hybridized carbons (Fsp3) is 0.188. The number of Topliss-reactive ketones (excluding diaryl/α,β-unsaturated/α-hetero) is 1. The van der Waals surface area contributed by atoms with E-state index < -0.39 is 36.6 Å². The van der Waals surface area contributed by atoms with E-state index in [0.717, 1.165) is 6.07 Å². The van der Waals surface area contributed by atoms with E-state index >= 15 is 0 Å². The minimum atomic E-state index is -5.74. The van der Waals surface area contributed by atoms with Crippen LogP contribution in [0.4, 0.5) is 18.9 Å². The summed E-state index contributed by atoms with van der Waals surface area (Å²) in [5, 5.41) is 11.1. The molecule has 0 heterocycles. The van der Waals surface area contributed by atoms with Gasteiger partial charge in [0, 0.05) is 18.1 Å². The van der Waals surface area contributed by atoms with Crippen LogP contribution < -0.4 is 4.74 Å². The van der Waals surface area contributed by atoms with Gasteiger partial charge in [0.2, 0.25) is 5.75 Å². The summed E-state index contributed by atoms with van der Waals surface area (Å²) in [6.07, 6.45) is 0.279. The first-order chi connectivity index (χ1) is 12.5. The zero-order chi connectivity index (χ0) is 20.4. The zero-order valence-corrected chi connectivity index (χ0v) is 14.5. The van der Waals surface area contributed by atoms with Crippen molar-refractivity contribution in [2.24, 2.45) is 0 Å². The summed E-state index contributed by atoms with van der Waals surface area (Å²) in [6, 6.07) is 7.18. The van der Waals surface area contributed by atoms with E-state index in [1.165, 1.54) is 24.3 Å². The van der Waals surface area contributed by atoms with Crippen LogP contribution in [0.1, 0.15) is 23.7 Å². The van der Waals surface area contributed by atoms with Crippen LogP contribution in [0, 0.1) is 10.1 Å². The molecule has 2 rings (SSSR count). The van der Waals surface area contributed by atoms with Gasteiger partial charge in [-0.05, 0) is 36.4 Å². The first kappa shape index (κ1) is 20.4. The molecule has 0 spiro atoms. The molecule has 0 aliphatic heterocycles. The Labute approximate surface area is 151 Å². The highest BCUT2D eigenvalue weighted by atomic mass is 32.2. The molecule has 0 N–H and O–H groups in total. The second-order valence-corrected chi connectivity index (χ2v) is 7.18. The molecule has 0 saturated carbocycles. The summed E-state index contributed by atoms with van der Waals surface area (Å²) in [6.45, 7) is 1.67. The maximum atomic E-state index is 12.6. The Bertz CT molecular complexity index is 984. The molecule has 0 amide bonds. The second kappa shape index (κ2) is 7.35. The summed E-state index contributed by atoms with van der Waals surface area (Å²) in [5.74, 6) is -0.498. The molecule has 0 atom stereocenters. The summed E-state index contributed by atoms with van der Waals surface area (Å²) in [4.78, 5) is 20.4. The molecule has 11 heteroatoms. The lowest BCUT2D eigenvalue weighted by Gasteiger charge is -2.10. The van der Waals surface area contributed by atoms with Gasteiger partial charge < -0.3 is 4.74 Å². The van der Waals surface area contributed by atoms with Gasteiger partial charge in [-0.25, -0.2) is 8.42 Å². The van der Waals surface area contributed by atoms with Crippen molar-refractivity contribution in [1.82, 2.24) is 0 Å². The van der Waals surface area contributed by atoms with E-state index in [0.29, 0.717) is 11.6 Å². The van der Waals surface area contributed by atoms with Crippen LogP contribution in [0.25, 0.3) is 0 Å². The predicted molar refractivity (Wildman–Crippen MR) is 87.5 cm³/mol. The number of carbonyl (C=O) groups is 1. The average Bonchev–Trinajstić information content (AvgIpc) is 2.60. The zero-order valence-electron chi connectivity index (χ0n) is 13.7. The molecule has 0 aromatic heterocycles. The smallest absolute Gasteiger partial charge is 0.450 e. The van der Waals surface area contributed by atoms with Gasteiger partial charge in [0.25, 0.3) is 9.84 Å². The summed E-state index contributed by atoms with van der Waals surface area (Å²) in [7, 11) is -5.74. The summed E-state index contributed by atoms with van der Waals surface area (Å²) >= 11 is 0. The van der Waals surface area contributed by atoms with Crippen molar-refractivity contribution in [1.29, 1.82) is 0 Å². The number of benzene rings is 2. The van der Waals surface area contributed by atoms with Gasteiger partial charge in [-0.1, -0.05) is 6.92 Å². The summed E-state index contributed by atoms with van der Waals surface area (Å²) in [5.41, 5.74) is -6.15. The monoisotopic (exact) mass is 403 g/mol. The number of ether oxygens (including phenoxy) is 1. The number of hydrogen-bond donors (Lipinski definition) is 0. The highest BCUT2D eigenvalue weighted by Crippen LogP contribution is 2.37. The Morgan fingerprint density at radius 2 is 1.74 bits per heavy atom. The lowest BCUT2D eigenvalue weighted by atomic mass is 10.1. The van der Waals surface area contributed by atoms with Crippen LogP contribution in [-0.4, -0.2) is 24.6 Å². The molecule has 0 unspecified atom stereocenters. The first-order valence-corrected chi connectivity index (χ1v) is 8.86. The number of nitro benzene ring substituents is 1. The van der Waals surface area contributed by atoms with Crippen molar-refractivity contribution < 1.29 is 36.0 Å². The Morgan fingerprint density at radius 3 is 2.22 bits per heavy atom. The third-order valence-electron chi connectivity index (χ3n) is 3.47. The highest BCUT2D eigenvalue weighted by Gasteiger charge is 2.47. The number of halogens is 3. The van der Waals surface area contributed by atoms with Gasteiger partial charge in [-0.15, -0.1) is 0 Å². The van der Waals surface area contributed by atoms with Crippen LogP contribution in [0.2, 0.25) is 0 Å². The predicted octanol–water partition coefficient (Wildman–Crippen LogP) is 4.27. The Hall–Kier alpha value is -2.95. The number of rotatable bonds is 6. The number of carbonyl (C=O) groups excluding carboxylic acids is 1.